The maximum Gasteiger partial charge on any atom is 0.246 e. The summed E-state index contributed by atoms with van der Waals surface area (Å²) in [5.41, 5.74) is 6.70. The number of hydrogen-bond donors (Lipinski definition) is 1. The predicted octanol–water partition coefficient (Wildman–Crippen LogP) is 0.831. The highest BCUT2D eigenvalue weighted by atomic mass is 32.2. The van der Waals surface area contributed by atoms with Gasteiger partial charge in [0, 0.05) is 25.4 Å². The first kappa shape index (κ1) is 17.5. The van der Waals surface area contributed by atoms with Gasteiger partial charge in [0.25, 0.3) is 0 Å². The largest absolute Gasteiger partial charge is 0.329 e. The highest BCUT2D eigenvalue weighted by Crippen LogP contribution is 2.24. The Kier molecular flexibility index (Phi) is 6.06. The predicted molar refractivity (Wildman–Crippen MR) is 83.5 cm³/mol. The molecule has 0 saturated heterocycles. The van der Waals surface area contributed by atoms with Crippen molar-refractivity contribution in [2.75, 3.05) is 25.6 Å². The summed E-state index contributed by atoms with van der Waals surface area (Å²) in [4.78, 5) is 0.307. The van der Waals surface area contributed by atoms with Crippen LogP contribution in [-0.4, -0.2) is 54.1 Å². The average molecular weight is 320 g/mol. The third-order valence-electron chi connectivity index (χ3n) is 3.32. The zero-order chi connectivity index (χ0) is 15.5. The van der Waals surface area contributed by atoms with Gasteiger partial charge in [0.1, 0.15) is 4.90 Å². The molecule has 1 atom stereocenters. The standard InChI is InChI=1S/C12H24N4O2S2/c1-9(8-19-5)15(4)20(17,18)12-10(2)14-16(7-6-13)11(12)3/h9H,6-8,13H2,1-5H3. The van der Waals surface area contributed by atoms with Crippen molar-refractivity contribution >= 4 is 21.8 Å². The van der Waals surface area contributed by atoms with Crippen LogP contribution in [-0.2, 0) is 16.6 Å². The third kappa shape index (κ3) is 3.36. The van der Waals surface area contributed by atoms with Gasteiger partial charge < -0.3 is 5.73 Å². The van der Waals surface area contributed by atoms with Gasteiger partial charge >= 0.3 is 0 Å². The van der Waals surface area contributed by atoms with Crippen molar-refractivity contribution in [1.82, 2.24) is 14.1 Å². The molecule has 0 spiro atoms. The van der Waals surface area contributed by atoms with E-state index in [0.717, 1.165) is 5.75 Å². The number of sulfonamides is 1. The minimum atomic E-state index is -3.52. The smallest absolute Gasteiger partial charge is 0.246 e. The Morgan fingerprint density at radius 3 is 2.55 bits per heavy atom. The quantitative estimate of drug-likeness (QED) is 0.805. The summed E-state index contributed by atoms with van der Waals surface area (Å²) >= 11 is 1.63. The van der Waals surface area contributed by atoms with E-state index in [9.17, 15) is 8.42 Å². The summed E-state index contributed by atoms with van der Waals surface area (Å²) in [6, 6.07) is -0.0633. The lowest BCUT2D eigenvalue weighted by Crippen LogP contribution is -2.37. The number of thioether (sulfide) groups is 1. The molecule has 2 N–H and O–H groups in total. The number of nitrogens with two attached hydrogens (primary N) is 1. The molecule has 20 heavy (non-hydrogen) atoms. The molecule has 0 bridgehead atoms. The summed E-state index contributed by atoms with van der Waals surface area (Å²) in [5.74, 6) is 0.755. The lowest BCUT2D eigenvalue weighted by atomic mass is 10.4. The summed E-state index contributed by atoms with van der Waals surface area (Å²) in [7, 11) is -1.90. The first-order valence-electron chi connectivity index (χ1n) is 6.48. The topological polar surface area (TPSA) is 81.2 Å². The Morgan fingerprint density at radius 2 is 2.05 bits per heavy atom. The van der Waals surface area contributed by atoms with Crippen molar-refractivity contribution in [3.63, 3.8) is 0 Å². The average Bonchev–Trinajstić information content (AvgIpc) is 2.64. The molecule has 116 valence electrons. The summed E-state index contributed by atoms with van der Waals surface area (Å²) < 4.78 is 28.6. The Hall–Kier alpha value is -0.570. The van der Waals surface area contributed by atoms with E-state index in [1.807, 2.05) is 13.2 Å². The second-order valence-corrected chi connectivity index (χ2v) is 7.68. The van der Waals surface area contributed by atoms with E-state index in [1.54, 1.807) is 37.3 Å². The van der Waals surface area contributed by atoms with Crippen molar-refractivity contribution in [2.24, 2.45) is 5.73 Å². The summed E-state index contributed by atoms with van der Waals surface area (Å²) in [6.07, 6.45) is 1.97. The maximum atomic E-state index is 12.7. The molecule has 1 unspecified atom stereocenters. The first-order chi connectivity index (χ1) is 9.27. The molecule has 1 heterocycles. The molecule has 8 heteroatoms. The third-order valence-corrected chi connectivity index (χ3v) is 6.36. The molecule has 0 aromatic carbocycles. The van der Waals surface area contributed by atoms with Gasteiger partial charge in [-0.05, 0) is 27.0 Å². The van der Waals surface area contributed by atoms with E-state index in [1.165, 1.54) is 4.31 Å². The summed E-state index contributed by atoms with van der Waals surface area (Å²) in [5, 5.41) is 4.28. The molecule has 0 aliphatic carbocycles. The monoisotopic (exact) mass is 320 g/mol. The van der Waals surface area contributed by atoms with E-state index in [4.69, 9.17) is 5.73 Å². The van der Waals surface area contributed by atoms with Gasteiger partial charge in [0.15, 0.2) is 0 Å². The van der Waals surface area contributed by atoms with Crippen molar-refractivity contribution in [1.29, 1.82) is 0 Å². The molecule has 0 aliphatic heterocycles. The van der Waals surface area contributed by atoms with Crippen LogP contribution in [0.15, 0.2) is 4.90 Å². The fraction of sp³-hybridized carbons (Fsp3) is 0.750. The molecule has 0 radical (unpaired) electrons. The van der Waals surface area contributed by atoms with Crippen LogP contribution in [0.4, 0.5) is 0 Å². The van der Waals surface area contributed by atoms with E-state index >= 15 is 0 Å². The Labute approximate surface area is 125 Å². The van der Waals surface area contributed by atoms with Crippen molar-refractivity contribution < 1.29 is 8.42 Å². The zero-order valence-electron chi connectivity index (χ0n) is 12.8. The maximum absolute atomic E-state index is 12.7. The lowest BCUT2D eigenvalue weighted by molar-refractivity contribution is 0.414. The van der Waals surface area contributed by atoms with Gasteiger partial charge in [0.05, 0.1) is 17.9 Å². The molecule has 0 saturated carbocycles. The minimum absolute atomic E-state index is 0.0633. The highest BCUT2D eigenvalue weighted by Gasteiger charge is 2.31. The van der Waals surface area contributed by atoms with Crippen LogP contribution in [0.1, 0.15) is 18.3 Å². The van der Waals surface area contributed by atoms with E-state index in [0.29, 0.717) is 29.4 Å². The van der Waals surface area contributed by atoms with Crippen molar-refractivity contribution in [3.05, 3.63) is 11.4 Å². The van der Waals surface area contributed by atoms with Crippen LogP contribution in [0.5, 0.6) is 0 Å². The number of rotatable bonds is 7. The zero-order valence-corrected chi connectivity index (χ0v) is 14.4. The van der Waals surface area contributed by atoms with Crippen molar-refractivity contribution in [2.45, 2.75) is 38.3 Å². The first-order valence-corrected chi connectivity index (χ1v) is 9.31. The molecular weight excluding hydrogens is 296 g/mol. The Balaban J connectivity index is 3.22. The molecule has 0 fully saturated rings. The molecule has 6 nitrogen and oxygen atoms in total. The molecule has 1 aromatic rings. The van der Waals surface area contributed by atoms with Gasteiger partial charge in [0.2, 0.25) is 10.0 Å². The SMILES string of the molecule is CSCC(C)N(C)S(=O)(=O)c1c(C)nn(CCN)c1C. The van der Waals surface area contributed by atoms with Crippen LogP contribution in [0.25, 0.3) is 0 Å². The van der Waals surface area contributed by atoms with Gasteiger partial charge in [-0.15, -0.1) is 0 Å². The second kappa shape index (κ2) is 6.93. The Bertz CT molecular complexity index is 554. The fourth-order valence-electron chi connectivity index (χ4n) is 2.12. The lowest BCUT2D eigenvalue weighted by Gasteiger charge is -2.23. The number of aromatic nitrogens is 2. The molecular formula is C12H24N4O2S2. The molecule has 0 amide bonds. The van der Waals surface area contributed by atoms with Crippen LogP contribution in [0.3, 0.4) is 0 Å². The number of nitrogens with zero attached hydrogens (tertiary/aromatic N) is 3. The normalized spacial score (nSPS) is 13.9. The van der Waals surface area contributed by atoms with Gasteiger partial charge in [-0.2, -0.15) is 21.2 Å². The van der Waals surface area contributed by atoms with E-state index < -0.39 is 10.0 Å². The molecule has 1 rings (SSSR count). The molecule has 0 aliphatic rings. The summed E-state index contributed by atoms with van der Waals surface area (Å²) in [6.45, 7) is 6.35. The van der Waals surface area contributed by atoms with E-state index in [2.05, 4.69) is 5.10 Å². The Morgan fingerprint density at radius 1 is 1.45 bits per heavy atom. The van der Waals surface area contributed by atoms with Crippen molar-refractivity contribution in [3.8, 4) is 0 Å². The number of aryl methyl sites for hydroxylation is 1. The van der Waals surface area contributed by atoms with Crippen LogP contribution < -0.4 is 5.73 Å². The van der Waals surface area contributed by atoms with Gasteiger partial charge in [-0.1, -0.05) is 0 Å². The van der Waals surface area contributed by atoms with Gasteiger partial charge in [-0.3, -0.25) is 4.68 Å². The minimum Gasteiger partial charge on any atom is -0.329 e. The molecule has 1 aromatic heterocycles. The fourth-order valence-corrected chi connectivity index (χ4v) is 4.65. The van der Waals surface area contributed by atoms with E-state index in [-0.39, 0.29) is 6.04 Å². The van der Waals surface area contributed by atoms with Crippen LogP contribution in [0.2, 0.25) is 0 Å². The van der Waals surface area contributed by atoms with Crippen LogP contribution >= 0.6 is 11.8 Å². The second-order valence-electron chi connectivity index (χ2n) is 4.84. The van der Waals surface area contributed by atoms with Gasteiger partial charge in [-0.25, -0.2) is 8.42 Å². The highest BCUT2D eigenvalue weighted by molar-refractivity contribution is 7.98. The van der Waals surface area contributed by atoms with Crippen LogP contribution in [0, 0.1) is 13.8 Å². The number of hydrogen-bond acceptors (Lipinski definition) is 5.